The minimum Gasteiger partial charge on any atom is -0.348 e. The van der Waals surface area contributed by atoms with Crippen molar-refractivity contribution in [3.05, 3.63) is 70.9 Å². The van der Waals surface area contributed by atoms with Gasteiger partial charge < -0.3 is 11.1 Å². The zero-order valence-electron chi connectivity index (χ0n) is 16.2. The van der Waals surface area contributed by atoms with Crippen LogP contribution in [0.3, 0.4) is 0 Å². The molecule has 0 saturated heterocycles. The smallest absolute Gasteiger partial charge is 0.277 e. The van der Waals surface area contributed by atoms with Crippen LogP contribution in [0.1, 0.15) is 36.9 Å². The molecule has 4 rings (SSSR count). The van der Waals surface area contributed by atoms with Crippen LogP contribution in [0, 0.1) is 0 Å². The molecule has 1 aliphatic rings. The Hall–Kier alpha value is -3.03. The molecule has 6 nitrogen and oxygen atoms in total. The topological polar surface area (TPSA) is 92.4 Å². The lowest BCUT2D eigenvalue weighted by Gasteiger charge is -2.17. The van der Waals surface area contributed by atoms with Crippen molar-refractivity contribution in [2.45, 2.75) is 25.8 Å². The number of carbonyl (C=O) groups excluding carboxylic acids is 1. The molecule has 0 aliphatic carbocycles. The molecule has 0 radical (unpaired) electrons. The highest BCUT2D eigenvalue weighted by atomic mass is 32.1. The molecule has 3 aromatic rings. The molecule has 29 heavy (non-hydrogen) atoms. The van der Waals surface area contributed by atoms with Gasteiger partial charge in [-0.05, 0) is 35.3 Å². The minimum atomic E-state index is -0.191. The van der Waals surface area contributed by atoms with Crippen molar-refractivity contribution in [2.75, 3.05) is 6.54 Å². The van der Waals surface area contributed by atoms with E-state index in [1.54, 1.807) is 11.3 Å². The summed E-state index contributed by atoms with van der Waals surface area (Å²) in [5, 5.41) is 6.12. The molecule has 0 fully saturated rings. The van der Waals surface area contributed by atoms with Crippen LogP contribution in [0.2, 0.25) is 0 Å². The number of aromatic nitrogens is 1. The lowest BCUT2D eigenvalue weighted by atomic mass is 9.99. The summed E-state index contributed by atoms with van der Waals surface area (Å²) < 4.78 is 1.10. The van der Waals surface area contributed by atoms with E-state index >= 15 is 0 Å². The first-order valence-electron chi connectivity index (χ1n) is 9.68. The molecule has 1 atom stereocenters. The largest absolute Gasteiger partial charge is 0.348 e. The standard InChI is InChI=1S/C22H23N5OS/c1-2-6-16(15-9-10-17-19(11-15)29-13-24-17)20-21(28)27-22(26-20)25-18(12-23)14-7-4-3-5-8-14/h3-5,7-11,13,18H,2,6,12,23H2,1H3,(H2,25,26,27,28)/b20-16-. The summed E-state index contributed by atoms with van der Waals surface area (Å²) in [6.45, 7) is 2.49. The number of fused-ring (bicyclic) bond motifs is 1. The Labute approximate surface area is 173 Å². The van der Waals surface area contributed by atoms with E-state index in [1.165, 1.54) is 0 Å². The van der Waals surface area contributed by atoms with Crippen molar-refractivity contribution in [1.82, 2.24) is 15.6 Å². The van der Waals surface area contributed by atoms with Crippen LogP contribution in [0.5, 0.6) is 0 Å². The molecule has 2 heterocycles. The Morgan fingerprint density at radius 3 is 2.83 bits per heavy atom. The van der Waals surface area contributed by atoms with Gasteiger partial charge in [0.1, 0.15) is 5.70 Å². The molecule has 2 aromatic carbocycles. The van der Waals surface area contributed by atoms with Crippen LogP contribution in [-0.2, 0) is 4.79 Å². The predicted molar refractivity (Wildman–Crippen MR) is 118 cm³/mol. The second-order valence-electron chi connectivity index (χ2n) is 6.87. The summed E-state index contributed by atoms with van der Waals surface area (Å²) in [5.74, 6) is 0.251. The van der Waals surface area contributed by atoms with E-state index in [1.807, 2.05) is 48.0 Å². The number of amides is 1. The van der Waals surface area contributed by atoms with Gasteiger partial charge in [-0.2, -0.15) is 0 Å². The number of rotatable bonds is 6. The molecule has 1 amide bonds. The third-order valence-corrected chi connectivity index (χ3v) is 5.68. The molecule has 0 saturated carbocycles. The highest BCUT2D eigenvalue weighted by molar-refractivity contribution is 7.16. The monoisotopic (exact) mass is 405 g/mol. The van der Waals surface area contributed by atoms with E-state index in [4.69, 9.17) is 5.73 Å². The van der Waals surface area contributed by atoms with Crippen molar-refractivity contribution < 1.29 is 4.79 Å². The average molecular weight is 406 g/mol. The molecule has 0 bridgehead atoms. The quantitative estimate of drug-likeness (QED) is 0.547. The number of guanidine groups is 1. The molecule has 148 valence electrons. The predicted octanol–water partition coefficient (Wildman–Crippen LogP) is 3.58. The normalized spacial score (nSPS) is 16.5. The fourth-order valence-electron chi connectivity index (χ4n) is 3.45. The van der Waals surface area contributed by atoms with Gasteiger partial charge in [0.2, 0.25) is 5.96 Å². The lowest BCUT2D eigenvalue weighted by molar-refractivity contribution is -0.115. The van der Waals surface area contributed by atoms with E-state index in [2.05, 4.69) is 33.6 Å². The van der Waals surface area contributed by atoms with Crippen LogP contribution in [0.25, 0.3) is 15.8 Å². The van der Waals surface area contributed by atoms with Gasteiger partial charge >= 0.3 is 0 Å². The van der Waals surface area contributed by atoms with Crippen LogP contribution < -0.4 is 16.4 Å². The lowest BCUT2D eigenvalue weighted by Crippen LogP contribution is -2.41. The number of nitrogens with zero attached hydrogens (tertiary/aromatic N) is 2. The maximum atomic E-state index is 12.7. The van der Waals surface area contributed by atoms with Crippen molar-refractivity contribution in [3.8, 4) is 0 Å². The highest BCUT2D eigenvalue weighted by Gasteiger charge is 2.26. The molecule has 1 unspecified atom stereocenters. The Bertz CT molecular complexity index is 1090. The van der Waals surface area contributed by atoms with E-state index in [0.717, 1.165) is 39.8 Å². The Morgan fingerprint density at radius 1 is 1.24 bits per heavy atom. The van der Waals surface area contributed by atoms with Gasteiger partial charge in [-0.25, -0.2) is 9.98 Å². The maximum Gasteiger partial charge on any atom is 0.277 e. The van der Waals surface area contributed by atoms with Crippen LogP contribution >= 0.6 is 11.3 Å². The Balaban J connectivity index is 1.67. The first-order chi connectivity index (χ1) is 14.2. The summed E-state index contributed by atoms with van der Waals surface area (Å²) >= 11 is 1.59. The Kier molecular flexibility index (Phi) is 5.69. The molecule has 0 spiro atoms. The minimum absolute atomic E-state index is 0.127. The van der Waals surface area contributed by atoms with Gasteiger partial charge in [0.25, 0.3) is 5.91 Å². The van der Waals surface area contributed by atoms with E-state index in [-0.39, 0.29) is 11.9 Å². The summed E-state index contributed by atoms with van der Waals surface area (Å²) in [5.41, 5.74) is 12.2. The number of nitrogens with two attached hydrogens (primary N) is 1. The summed E-state index contributed by atoms with van der Waals surface area (Å²) in [7, 11) is 0. The van der Waals surface area contributed by atoms with Gasteiger partial charge in [-0.3, -0.25) is 10.1 Å². The number of hydrogen-bond acceptors (Lipinski definition) is 6. The van der Waals surface area contributed by atoms with Crippen LogP contribution in [-0.4, -0.2) is 23.4 Å². The van der Waals surface area contributed by atoms with Crippen molar-refractivity contribution in [1.29, 1.82) is 0 Å². The number of carbonyl (C=O) groups is 1. The molecular formula is C22H23N5OS. The van der Waals surface area contributed by atoms with Crippen LogP contribution in [0.4, 0.5) is 0 Å². The van der Waals surface area contributed by atoms with Gasteiger partial charge in [0, 0.05) is 6.54 Å². The summed E-state index contributed by atoms with van der Waals surface area (Å²) in [6.07, 6.45) is 1.68. The zero-order chi connectivity index (χ0) is 20.2. The number of thiazole rings is 1. The van der Waals surface area contributed by atoms with Crippen molar-refractivity contribution in [3.63, 3.8) is 0 Å². The SMILES string of the molecule is CCC/C(=C1/N=C(NC(CN)c2ccccc2)NC1=O)c1ccc2ncsc2c1. The number of allylic oxidation sites excluding steroid dienone is 1. The third-order valence-electron chi connectivity index (χ3n) is 4.88. The van der Waals surface area contributed by atoms with Gasteiger partial charge in [0.05, 0.1) is 21.8 Å². The van der Waals surface area contributed by atoms with Crippen molar-refractivity contribution >= 4 is 39.0 Å². The fourth-order valence-corrected chi connectivity index (χ4v) is 4.17. The second kappa shape index (κ2) is 8.55. The van der Waals surface area contributed by atoms with E-state index in [9.17, 15) is 4.79 Å². The molecule has 1 aromatic heterocycles. The molecular weight excluding hydrogens is 382 g/mol. The number of aliphatic imine (C=N–C) groups is 1. The van der Waals surface area contributed by atoms with Gasteiger partial charge in [-0.15, -0.1) is 11.3 Å². The first kappa shape index (κ1) is 19.3. The highest BCUT2D eigenvalue weighted by Crippen LogP contribution is 2.30. The number of hydrogen-bond donors (Lipinski definition) is 3. The maximum absolute atomic E-state index is 12.7. The summed E-state index contributed by atoms with van der Waals surface area (Å²) in [4.78, 5) is 21.7. The fraction of sp³-hybridized carbons (Fsp3) is 0.227. The first-order valence-corrected chi connectivity index (χ1v) is 10.6. The van der Waals surface area contributed by atoms with Gasteiger partial charge in [-0.1, -0.05) is 49.7 Å². The van der Waals surface area contributed by atoms with E-state index < -0.39 is 0 Å². The summed E-state index contributed by atoms with van der Waals surface area (Å²) in [6, 6.07) is 15.9. The van der Waals surface area contributed by atoms with E-state index in [0.29, 0.717) is 18.2 Å². The molecule has 1 aliphatic heterocycles. The number of nitrogens with one attached hydrogen (secondary N) is 2. The van der Waals surface area contributed by atoms with Crippen LogP contribution in [0.15, 0.2) is 64.7 Å². The average Bonchev–Trinajstić information content (AvgIpc) is 3.36. The molecule has 4 N–H and O–H groups in total. The number of benzene rings is 2. The zero-order valence-corrected chi connectivity index (χ0v) is 17.0. The van der Waals surface area contributed by atoms with Gasteiger partial charge in [0.15, 0.2) is 0 Å². The third kappa shape index (κ3) is 4.06. The molecule has 7 heteroatoms. The second-order valence-corrected chi connectivity index (χ2v) is 7.76. The van der Waals surface area contributed by atoms with Crippen molar-refractivity contribution in [2.24, 2.45) is 10.7 Å². The Morgan fingerprint density at radius 2 is 2.07 bits per heavy atom.